The first-order chi connectivity index (χ1) is 15.8. The molecule has 2 aromatic heterocycles. The zero-order valence-electron chi connectivity index (χ0n) is 18.7. The SMILES string of the molecule is CCC(C)N(Cc1ccccc1)C(=O)C1CCN(c2ccc3nnc(C(F)(F)F)n3n2)CC1. The molecule has 7 nitrogen and oxygen atoms in total. The van der Waals surface area contributed by atoms with Crippen molar-refractivity contribution >= 4 is 17.4 Å². The van der Waals surface area contributed by atoms with Crippen LogP contribution in [0.4, 0.5) is 19.0 Å². The van der Waals surface area contributed by atoms with Crippen LogP contribution in [0.5, 0.6) is 0 Å². The third-order valence-electron chi connectivity index (χ3n) is 6.27. The Morgan fingerprint density at radius 1 is 1.12 bits per heavy atom. The number of piperidine rings is 1. The smallest absolute Gasteiger partial charge is 0.355 e. The fraction of sp³-hybridized carbons (Fsp3) is 0.478. The van der Waals surface area contributed by atoms with Gasteiger partial charge in [-0.05, 0) is 43.9 Å². The van der Waals surface area contributed by atoms with Crippen molar-refractivity contribution in [3.63, 3.8) is 0 Å². The monoisotopic (exact) mass is 460 g/mol. The molecule has 3 aromatic rings. The first kappa shape index (κ1) is 23.0. The second-order valence-corrected chi connectivity index (χ2v) is 8.45. The highest BCUT2D eigenvalue weighted by Crippen LogP contribution is 2.29. The second kappa shape index (κ2) is 9.36. The van der Waals surface area contributed by atoms with E-state index in [4.69, 9.17) is 0 Å². The van der Waals surface area contributed by atoms with Gasteiger partial charge in [0.25, 0.3) is 5.82 Å². The van der Waals surface area contributed by atoms with Crippen LogP contribution in [0.15, 0.2) is 42.5 Å². The van der Waals surface area contributed by atoms with Gasteiger partial charge in [-0.2, -0.15) is 17.7 Å². The van der Waals surface area contributed by atoms with E-state index in [1.54, 1.807) is 6.07 Å². The van der Waals surface area contributed by atoms with E-state index in [-0.39, 0.29) is 23.5 Å². The maximum absolute atomic E-state index is 13.4. The van der Waals surface area contributed by atoms with Crippen LogP contribution in [0.25, 0.3) is 5.65 Å². The van der Waals surface area contributed by atoms with Crippen molar-refractivity contribution in [2.45, 2.75) is 51.9 Å². The summed E-state index contributed by atoms with van der Waals surface area (Å²) in [5.41, 5.74) is 1.14. The predicted molar refractivity (Wildman–Crippen MR) is 117 cm³/mol. The zero-order valence-corrected chi connectivity index (χ0v) is 18.7. The lowest BCUT2D eigenvalue weighted by Gasteiger charge is -2.37. The topological polar surface area (TPSA) is 66.6 Å². The molecule has 1 atom stereocenters. The molecular formula is C23H27F3N6O. The summed E-state index contributed by atoms with van der Waals surface area (Å²) in [4.78, 5) is 17.2. The van der Waals surface area contributed by atoms with Gasteiger partial charge in [-0.25, -0.2) is 0 Å². The van der Waals surface area contributed by atoms with Crippen LogP contribution in [0.3, 0.4) is 0 Å². The Bertz CT molecular complexity index is 1090. The van der Waals surface area contributed by atoms with Crippen molar-refractivity contribution in [1.82, 2.24) is 24.7 Å². The first-order valence-electron chi connectivity index (χ1n) is 11.2. The van der Waals surface area contributed by atoms with E-state index in [1.165, 1.54) is 6.07 Å². The molecule has 1 amide bonds. The van der Waals surface area contributed by atoms with Gasteiger partial charge in [-0.15, -0.1) is 15.3 Å². The number of anilines is 1. The van der Waals surface area contributed by atoms with Gasteiger partial charge >= 0.3 is 6.18 Å². The molecule has 0 saturated carbocycles. The van der Waals surface area contributed by atoms with E-state index in [9.17, 15) is 18.0 Å². The molecule has 4 rings (SSSR count). The van der Waals surface area contributed by atoms with Crippen LogP contribution in [-0.4, -0.2) is 49.7 Å². The molecule has 176 valence electrons. The van der Waals surface area contributed by atoms with Gasteiger partial charge in [0.15, 0.2) is 5.65 Å². The van der Waals surface area contributed by atoms with Gasteiger partial charge in [0.05, 0.1) is 0 Å². The van der Waals surface area contributed by atoms with Crippen LogP contribution in [-0.2, 0) is 17.5 Å². The number of carbonyl (C=O) groups is 1. The fourth-order valence-corrected chi connectivity index (χ4v) is 4.17. The van der Waals surface area contributed by atoms with Crippen molar-refractivity contribution in [1.29, 1.82) is 0 Å². The van der Waals surface area contributed by atoms with Crippen molar-refractivity contribution in [3.05, 3.63) is 53.9 Å². The van der Waals surface area contributed by atoms with Crippen LogP contribution in [0, 0.1) is 5.92 Å². The number of rotatable bonds is 6. The van der Waals surface area contributed by atoms with Crippen molar-refractivity contribution in [3.8, 4) is 0 Å². The molecule has 1 aliphatic rings. The maximum Gasteiger partial charge on any atom is 0.453 e. The summed E-state index contributed by atoms with van der Waals surface area (Å²) in [6, 6.07) is 13.2. The standard InChI is InChI=1S/C23H27F3N6O/c1-3-16(2)31(15-17-7-5-4-6-8-17)21(33)18-11-13-30(14-12-18)20-10-9-19-27-28-22(23(24,25)26)32(19)29-20/h4-10,16,18H,3,11-15H2,1-2H3. The van der Waals surface area contributed by atoms with Crippen molar-refractivity contribution in [2.24, 2.45) is 5.92 Å². The van der Waals surface area contributed by atoms with Crippen LogP contribution in [0.2, 0.25) is 0 Å². The quantitative estimate of drug-likeness (QED) is 0.552. The van der Waals surface area contributed by atoms with Gasteiger partial charge < -0.3 is 9.80 Å². The number of hydrogen-bond donors (Lipinski definition) is 0. The molecule has 0 bridgehead atoms. The minimum absolute atomic E-state index is 0.0428. The zero-order chi connectivity index (χ0) is 23.6. The lowest BCUT2D eigenvalue weighted by Crippen LogP contribution is -2.45. The number of amides is 1. The highest BCUT2D eigenvalue weighted by Gasteiger charge is 2.38. The number of carbonyl (C=O) groups excluding carboxylic acids is 1. The molecule has 0 spiro atoms. The average molecular weight is 461 g/mol. The van der Waals surface area contributed by atoms with Gasteiger partial charge in [0.1, 0.15) is 5.82 Å². The summed E-state index contributed by atoms with van der Waals surface area (Å²) < 4.78 is 40.3. The highest BCUT2D eigenvalue weighted by atomic mass is 19.4. The van der Waals surface area contributed by atoms with Crippen LogP contribution >= 0.6 is 0 Å². The molecular weight excluding hydrogens is 433 g/mol. The second-order valence-electron chi connectivity index (χ2n) is 8.45. The number of aromatic nitrogens is 4. The Balaban J connectivity index is 1.45. The number of fused-ring (bicyclic) bond motifs is 1. The molecule has 33 heavy (non-hydrogen) atoms. The summed E-state index contributed by atoms with van der Waals surface area (Å²) in [5.74, 6) is -0.714. The summed E-state index contributed by atoms with van der Waals surface area (Å²) in [7, 11) is 0. The lowest BCUT2D eigenvalue weighted by molar-refractivity contribution is -0.146. The van der Waals surface area contributed by atoms with E-state index >= 15 is 0 Å². The Kier molecular flexibility index (Phi) is 6.53. The molecule has 1 aliphatic heterocycles. The average Bonchev–Trinajstić information content (AvgIpc) is 3.26. The van der Waals surface area contributed by atoms with E-state index in [0.29, 0.717) is 38.3 Å². The Morgan fingerprint density at radius 2 is 1.82 bits per heavy atom. The molecule has 1 fully saturated rings. The van der Waals surface area contributed by atoms with E-state index in [1.807, 2.05) is 40.1 Å². The van der Waals surface area contributed by atoms with Gasteiger partial charge in [-0.1, -0.05) is 37.3 Å². The molecule has 0 aliphatic carbocycles. The van der Waals surface area contributed by atoms with E-state index in [2.05, 4.69) is 29.1 Å². The Hall–Kier alpha value is -3.17. The summed E-state index contributed by atoms with van der Waals surface area (Å²) in [5, 5.41) is 10.9. The first-order valence-corrected chi connectivity index (χ1v) is 11.2. The van der Waals surface area contributed by atoms with Gasteiger partial charge in [0, 0.05) is 31.6 Å². The Morgan fingerprint density at radius 3 is 2.45 bits per heavy atom. The van der Waals surface area contributed by atoms with E-state index in [0.717, 1.165) is 16.5 Å². The number of halogens is 3. The molecule has 3 heterocycles. The number of nitrogens with zero attached hydrogens (tertiary/aromatic N) is 6. The molecule has 1 unspecified atom stereocenters. The predicted octanol–water partition coefficient (Wildman–Crippen LogP) is 4.19. The van der Waals surface area contributed by atoms with Crippen molar-refractivity contribution < 1.29 is 18.0 Å². The van der Waals surface area contributed by atoms with Crippen LogP contribution in [0.1, 0.15) is 44.5 Å². The maximum atomic E-state index is 13.4. The fourth-order valence-electron chi connectivity index (χ4n) is 4.17. The summed E-state index contributed by atoms with van der Waals surface area (Å²) in [6.45, 7) is 5.78. The number of hydrogen-bond acceptors (Lipinski definition) is 5. The molecule has 1 aromatic carbocycles. The normalized spacial score (nSPS) is 16.2. The van der Waals surface area contributed by atoms with Crippen molar-refractivity contribution in [2.75, 3.05) is 18.0 Å². The highest BCUT2D eigenvalue weighted by molar-refractivity contribution is 5.79. The van der Waals surface area contributed by atoms with E-state index < -0.39 is 12.0 Å². The molecule has 1 saturated heterocycles. The number of alkyl halides is 3. The largest absolute Gasteiger partial charge is 0.453 e. The molecule has 10 heteroatoms. The third kappa shape index (κ3) is 4.94. The van der Waals surface area contributed by atoms with Gasteiger partial charge in [0.2, 0.25) is 5.91 Å². The molecule has 0 N–H and O–H groups in total. The molecule has 0 radical (unpaired) electrons. The minimum atomic E-state index is -4.64. The summed E-state index contributed by atoms with van der Waals surface area (Å²) in [6.07, 6.45) is -2.53. The van der Waals surface area contributed by atoms with Gasteiger partial charge in [-0.3, -0.25) is 4.79 Å². The Labute approximate surface area is 190 Å². The van der Waals surface area contributed by atoms with Crippen LogP contribution < -0.4 is 4.90 Å². The summed E-state index contributed by atoms with van der Waals surface area (Å²) >= 11 is 0. The lowest BCUT2D eigenvalue weighted by atomic mass is 9.94. The third-order valence-corrected chi connectivity index (χ3v) is 6.27. The minimum Gasteiger partial charge on any atom is -0.355 e. The number of benzene rings is 1.